The van der Waals surface area contributed by atoms with Crippen LogP contribution >= 0.6 is 22.6 Å². The van der Waals surface area contributed by atoms with Crippen LogP contribution in [0, 0.1) is 0 Å². The van der Waals surface area contributed by atoms with Gasteiger partial charge in [-0.1, -0.05) is 40.8 Å². The van der Waals surface area contributed by atoms with E-state index in [1.807, 2.05) is 32.9 Å². The number of hydrogen-bond acceptors (Lipinski definition) is 4. The molecule has 0 fully saturated rings. The van der Waals surface area contributed by atoms with Gasteiger partial charge in [-0.15, -0.1) is 0 Å². The van der Waals surface area contributed by atoms with E-state index in [-0.39, 0.29) is 18.7 Å². The summed E-state index contributed by atoms with van der Waals surface area (Å²) in [6, 6.07) is -0.280. The molecule has 0 bridgehead atoms. The summed E-state index contributed by atoms with van der Waals surface area (Å²) in [6.07, 6.45) is 10.0. The largest absolute Gasteiger partial charge is 0.444 e. The number of alkyl carbamates (subject to hydrolysis) is 1. The minimum Gasteiger partial charge on any atom is -0.444 e. The highest BCUT2D eigenvalue weighted by atomic mass is 127. The van der Waals surface area contributed by atoms with E-state index in [0.29, 0.717) is 18.5 Å². The number of nitrogens with zero attached hydrogens (tertiary/aromatic N) is 1. The van der Waals surface area contributed by atoms with Crippen LogP contribution in [0.25, 0.3) is 0 Å². The van der Waals surface area contributed by atoms with E-state index >= 15 is 0 Å². The van der Waals surface area contributed by atoms with Crippen LogP contribution in [-0.4, -0.2) is 53.4 Å². The third kappa shape index (κ3) is 10.1. The zero-order valence-corrected chi connectivity index (χ0v) is 19.1. The van der Waals surface area contributed by atoms with Crippen LogP contribution in [0.3, 0.4) is 0 Å². The van der Waals surface area contributed by atoms with Crippen LogP contribution in [0.15, 0.2) is 23.8 Å². The fourth-order valence-electron chi connectivity index (χ4n) is 2.72. The van der Waals surface area contributed by atoms with Gasteiger partial charge in [0.2, 0.25) is 0 Å². The van der Waals surface area contributed by atoms with Crippen LogP contribution in [0.4, 0.5) is 4.79 Å². The molecule has 0 aromatic rings. The standard InChI is InChI=1S/C20H33IN2O4/c1-20(2,3)27-19(25)22-17(11-7-5-6-8-12-21)14-16-10-9-13-23(15-26-4)18(16)24/h7,10-11,17H,5-6,8-9,12-15H2,1-4H3,(H,22,25)/b11-7-/t17-/m0/s1. The Kier molecular flexibility index (Phi) is 11.0. The molecule has 0 aliphatic carbocycles. The maximum atomic E-state index is 12.6. The predicted molar refractivity (Wildman–Crippen MR) is 116 cm³/mol. The lowest BCUT2D eigenvalue weighted by Crippen LogP contribution is -2.41. The summed E-state index contributed by atoms with van der Waals surface area (Å²) >= 11 is 2.37. The fourth-order valence-corrected chi connectivity index (χ4v) is 3.26. The highest BCUT2D eigenvalue weighted by Gasteiger charge is 2.25. The molecule has 1 aliphatic rings. The van der Waals surface area contributed by atoms with Crippen LogP contribution < -0.4 is 5.32 Å². The summed E-state index contributed by atoms with van der Waals surface area (Å²) in [5.41, 5.74) is 0.143. The van der Waals surface area contributed by atoms with Gasteiger partial charge in [0.1, 0.15) is 12.3 Å². The van der Waals surface area contributed by atoms with Crippen LogP contribution in [-0.2, 0) is 14.3 Å². The first-order valence-corrected chi connectivity index (χ1v) is 11.0. The van der Waals surface area contributed by atoms with E-state index in [4.69, 9.17) is 9.47 Å². The molecule has 1 N–H and O–H groups in total. The summed E-state index contributed by atoms with van der Waals surface area (Å²) in [5, 5.41) is 2.89. The smallest absolute Gasteiger partial charge is 0.408 e. The van der Waals surface area contributed by atoms with Gasteiger partial charge in [-0.25, -0.2) is 4.79 Å². The number of hydrogen-bond donors (Lipinski definition) is 1. The molecule has 1 heterocycles. The first-order valence-electron chi connectivity index (χ1n) is 9.46. The van der Waals surface area contributed by atoms with Crippen molar-refractivity contribution in [3.05, 3.63) is 23.8 Å². The molecule has 27 heavy (non-hydrogen) atoms. The highest BCUT2D eigenvalue weighted by Crippen LogP contribution is 2.18. The van der Waals surface area contributed by atoms with Gasteiger partial charge in [-0.3, -0.25) is 4.79 Å². The average Bonchev–Trinajstić information content (AvgIpc) is 2.56. The number of carbonyl (C=O) groups excluding carboxylic acids is 2. The molecule has 1 aliphatic heterocycles. The van der Waals surface area contributed by atoms with Gasteiger partial charge in [0.15, 0.2) is 0 Å². The van der Waals surface area contributed by atoms with Crippen molar-refractivity contribution in [1.29, 1.82) is 0 Å². The molecule has 7 heteroatoms. The number of amides is 2. The van der Waals surface area contributed by atoms with Crippen molar-refractivity contribution in [2.24, 2.45) is 0 Å². The van der Waals surface area contributed by atoms with E-state index in [1.165, 1.54) is 6.42 Å². The monoisotopic (exact) mass is 492 g/mol. The molecule has 154 valence electrons. The van der Waals surface area contributed by atoms with Crippen molar-refractivity contribution in [2.45, 2.75) is 64.5 Å². The van der Waals surface area contributed by atoms with Crippen molar-refractivity contribution in [1.82, 2.24) is 10.2 Å². The van der Waals surface area contributed by atoms with E-state index in [1.54, 1.807) is 12.0 Å². The molecule has 0 saturated heterocycles. The van der Waals surface area contributed by atoms with Gasteiger partial charge < -0.3 is 19.7 Å². The van der Waals surface area contributed by atoms with Crippen molar-refractivity contribution < 1.29 is 19.1 Å². The van der Waals surface area contributed by atoms with Gasteiger partial charge in [-0.05, 0) is 50.9 Å². The summed E-state index contributed by atoms with van der Waals surface area (Å²) in [7, 11) is 1.58. The van der Waals surface area contributed by atoms with E-state index in [2.05, 4.69) is 34.0 Å². The molecule has 0 radical (unpaired) electrons. The van der Waals surface area contributed by atoms with Crippen LogP contribution in [0.5, 0.6) is 0 Å². The highest BCUT2D eigenvalue weighted by molar-refractivity contribution is 14.1. The first kappa shape index (κ1) is 23.9. The van der Waals surface area contributed by atoms with Gasteiger partial charge in [0.05, 0.1) is 6.04 Å². The number of nitrogens with one attached hydrogen (secondary N) is 1. The summed E-state index contributed by atoms with van der Waals surface area (Å²) in [6.45, 7) is 6.44. The number of rotatable bonds is 10. The summed E-state index contributed by atoms with van der Waals surface area (Å²) in [4.78, 5) is 26.5. The van der Waals surface area contributed by atoms with Crippen molar-refractivity contribution in [2.75, 3.05) is 24.8 Å². The predicted octanol–water partition coefficient (Wildman–Crippen LogP) is 4.19. The zero-order chi connectivity index (χ0) is 20.3. The quantitative estimate of drug-likeness (QED) is 0.215. The number of halogens is 1. The number of ether oxygens (including phenoxy) is 2. The molecule has 0 spiro atoms. The maximum absolute atomic E-state index is 12.6. The minimum absolute atomic E-state index is 0.0302. The Labute approximate surface area is 176 Å². The fraction of sp³-hybridized carbons (Fsp3) is 0.700. The van der Waals surface area contributed by atoms with Crippen molar-refractivity contribution in [3.63, 3.8) is 0 Å². The number of alkyl halides is 1. The number of unbranched alkanes of at least 4 members (excludes halogenated alkanes) is 2. The molecular formula is C20H33IN2O4. The van der Waals surface area contributed by atoms with E-state index in [9.17, 15) is 9.59 Å². The minimum atomic E-state index is -0.562. The molecule has 1 atom stereocenters. The number of allylic oxidation sites excluding steroid dienone is 1. The average molecular weight is 492 g/mol. The van der Waals surface area contributed by atoms with Crippen LogP contribution in [0.2, 0.25) is 0 Å². The molecule has 2 amide bonds. The second kappa shape index (κ2) is 12.4. The SMILES string of the molecule is COCN1CCC=C(C[C@H](/C=C\CCCCI)NC(=O)OC(C)(C)C)C1=O. The second-order valence-corrected chi connectivity index (χ2v) is 8.65. The molecule has 1 rings (SSSR count). The Morgan fingerprint density at radius 2 is 2.15 bits per heavy atom. The van der Waals surface area contributed by atoms with Crippen molar-refractivity contribution in [3.8, 4) is 0 Å². The Balaban J connectivity index is 2.76. The molecule has 0 saturated carbocycles. The Bertz CT molecular complexity index is 541. The van der Waals surface area contributed by atoms with Crippen molar-refractivity contribution >= 4 is 34.6 Å². The molecule has 0 unspecified atom stereocenters. The number of methoxy groups -OCH3 is 1. The molecular weight excluding hydrogens is 459 g/mol. The lowest BCUT2D eigenvalue weighted by Gasteiger charge is -2.28. The Hall–Kier alpha value is -1.09. The Morgan fingerprint density at radius 1 is 1.41 bits per heavy atom. The zero-order valence-electron chi connectivity index (χ0n) is 16.9. The van der Waals surface area contributed by atoms with Gasteiger partial charge in [0.25, 0.3) is 5.91 Å². The Morgan fingerprint density at radius 3 is 2.78 bits per heavy atom. The first-order chi connectivity index (χ1) is 12.8. The molecule has 0 aromatic heterocycles. The third-order valence-corrected chi connectivity index (χ3v) is 4.66. The molecule has 0 aromatic carbocycles. The van der Waals surface area contributed by atoms with Gasteiger partial charge in [0, 0.05) is 25.6 Å². The summed E-state index contributed by atoms with van der Waals surface area (Å²) < 4.78 is 11.6. The topological polar surface area (TPSA) is 67.9 Å². The second-order valence-electron chi connectivity index (χ2n) is 7.57. The molecule has 6 nitrogen and oxygen atoms in total. The normalized spacial score (nSPS) is 16.4. The van der Waals surface area contributed by atoms with E-state index < -0.39 is 11.7 Å². The van der Waals surface area contributed by atoms with E-state index in [0.717, 1.165) is 23.7 Å². The van der Waals surface area contributed by atoms with Crippen LogP contribution in [0.1, 0.15) is 52.9 Å². The van der Waals surface area contributed by atoms with Gasteiger partial charge in [-0.2, -0.15) is 0 Å². The van der Waals surface area contributed by atoms with Gasteiger partial charge >= 0.3 is 6.09 Å². The number of carbonyl (C=O) groups is 2. The lowest BCUT2D eigenvalue weighted by molar-refractivity contribution is -0.132. The summed E-state index contributed by atoms with van der Waals surface area (Å²) in [5.74, 6) is -0.0302. The lowest BCUT2D eigenvalue weighted by atomic mass is 10.00. The third-order valence-electron chi connectivity index (χ3n) is 3.90. The maximum Gasteiger partial charge on any atom is 0.408 e.